The Bertz CT molecular complexity index is 491. The highest BCUT2D eigenvalue weighted by Crippen LogP contribution is 2.42. The zero-order valence-electron chi connectivity index (χ0n) is 10.3. The molecule has 2 unspecified atom stereocenters. The lowest BCUT2D eigenvalue weighted by atomic mass is 10.1. The Hall–Kier alpha value is -0.390. The Morgan fingerprint density at radius 2 is 2.22 bits per heavy atom. The summed E-state index contributed by atoms with van der Waals surface area (Å²) >= 11 is 1.80. The van der Waals surface area contributed by atoms with Gasteiger partial charge in [0.25, 0.3) is 0 Å². The van der Waals surface area contributed by atoms with Crippen LogP contribution < -0.4 is 5.32 Å². The molecule has 0 amide bonds. The Morgan fingerprint density at radius 1 is 1.39 bits per heavy atom. The second-order valence-electron chi connectivity index (χ2n) is 5.51. The van der Waals surface area contributed by atoms with Crippen molar-refractivity contribution in [2.24, 2.45) is 11.8 Å². The molecule has 1 saturated carbocycles. The number of nitrogens with one attached hydrogen (secondary N) is 1. The smallest absolute Gasteiger partial charge is 0.150 e. The van der Waals surface area contributed by atoms with E-state index in [9.17, 15) is 8.42 Å². The predicted molar refractivity (Wildman–Crippen MR) is 74.5 cm³/mol. The van der Waals surface area contributed by atoms with Gasteiger partial charge in [0, 0.05) is 10.9 Å². The highest BCUT2D eigenvalue weighted by molar-refractivity contribution is 7.91. The monoisotopic (exact) mass is 285 g/mol. The van der Waals surface area contributed by atoms with Gasteiger partial charge in [-0.25, -0.2) is 8.42 Å². The summed E-state index contributed by atoms with van der Waals surface area (Å²) in [5.41, 5.74) is 0. The van der Waals surface area contributed by atoms with Crippen molar-refractivity contribution in [1.82, 2.24) is 5.32 Å². The molecule has 2 atom stereocenters. The highest BCUT2D eigenvalue weighted by Gasteiger charge is 2.34. The van der Waals surface area contributed by atoms with Crippen LogP contribution in [-0.4, -0.2) is 26.5 Å². The van der Waals surface area contributed by atoms with Crippen molar-refractivity contribution < 1.29 is 8.42 Å². The quantitative estimate of drug-likeness (QED) is 0.902. The molecule has 1 aliphatic heterocycles. The molecule has 3 rings (SSSR count). The van der Waals surface area contributed by atoms with Gasteiger partial charge in [0.05, 0.1) is 11.5 Å². The summed E-state index contributed by atoms with van der Waals surface area (Å²) in [7, 11) is -2.74. The van der Waals surface area contributed by atoms with Gasteiger partial charge in [-0.1, -0.05) is 6.07 Å². The van der Waals surface area contributed by atoms with Crippen molar-refractivity contribution >= 4 is 21.2 Å². The molecule has 1 aromatic rings. The number of thiophene rings is 1. The summed E-state index contributed by atoms with van der Waals surface area (Å²) in [4.78, 5) is 1.40. The minimum atomic E-state index is -2.74. The van der Waals surface area contributed by atoms with Gasteiger partial charge in [0.1, 0.15) is 0 Å². The molecular formula is C13H19NO2S2. The van der Waals surface area contributed by atoms with E-state index in [2.05, 4.69) is 22.8 Å². The van der Waals surface area contributed by atoms with Crippen LogP contribution in [0.15, 0.2) is 17.5 Å². The number of hydrogen-bond donors (Lipinski definition) is 1. The van der Waals surface area contributed by atoms with Crippen LogP contribution in [-0.2, 0) is 9.84 Å². The van der Waals surface area contributed by atoms with E-state index >= 15 is 0 Å². The van der Waals surface area contributed by atoms with Gasteiger partial charge >= 0.3 is 0 Å². The minimum Gasteiger partial charge on any atom is -0.309 e. The summed E-state index contributed by atoms with van der Waals surface area (Å²) in [5, 5.41) is 5.73. The van der Waals surface area contributed by atoms with Crippen molar-refractivity contribution in [3.63, 3.8) is 0 Å². The van der Waals surface area contributed by atoms with Crippen LogP contribution in [0.4, 0.5) is 0 Å². The molecule has 0 aromatic carbocycles. The molecule has 18 heavy (non-hydrogen) atoms. The van der Waals surface area contributed by atoms with Gasteiger partial charge < -0.3 is 5.32 Å². The average molecular weight is 285 g/mol. The van der Waals surface area contributed by atoms with Crippen molar-refractivity contribution in [2.45, 2.75) is 25.3 Å². The fourth-order valence-corrected chi connectivity index (χ4v) is 5.48. The molecule has 3 nitrogen and oxygen atoms in total. The third-order valence-electron chi connectivity index (χ3n) is 3.90. The van der Waals surface area contributed by atoms with E-state index in [0.29, 0.717) is 23.5 Å². The van der Waals surface area contributed by atoms with Gasteiger partial charge in [-0.3, -0.25) is 0 Å². The van der Waals surface area contributed by atoms with Crippen LogP contribution in [0.5, 0.6) is 0 Å². The number of sulfone groups is 1. The maximum absolute atomic E-state index is 11.4. The zero-order valence-corrected chi connectivity index (χ0v) is 12.0. The van der Waals surface area contributed by atoms with Crippen LogP contribution in [0.1, 0.15) is 30.2 Å². The number of rotatable bonds is 5. The third-order valence-corrected chi connectivity index (χ3v) is 6.69. The lowest BCUT2D eigenvalue weighted by Crippen LogP contribution is -2.28. The molecular weight excluding hydrogens is 266 g/mol. The van der Waals surface area contributed by atoms with Gasteiger partial charge in [-0.05, 0) is 49.1 Å². The molecule has 2 fully saturated rings. The van der Waals surface area contributed by atoms with Crippen LogP contribution in [0, 0.1) is 11.8 Å². The third kappa shape index (κ3) is 2.95. The fraction of sp³-hybridized carbons (Fsp3) is 0.692. The average Bonchev–Trinajstić information content (AvgIpc) is 2.88. The van der Waals surface area contributed by atoms with E-state index in [1.165, 1.54) is 17.7 Å². The standard InChI is InChI=1S/C13H19NO2S2/c15-18(16)7-5-10(9-18)8-14-13(11-3-4-11)12-2-1-6-17-12/h1-2,6,10-11,13-14H,3-5,7-9H2. The van der Waals surface area contributed by atoms with E-state index in [0.717, 1.165) is 18.9 Å². The van der Waals surface area contributed by atoms with E-state index in [-0.39, 0.29) is 0 Å². The Morgan fingerprint density at radius 3 is 2.78 bits per heavy atom. The molecule has 2 heterocycles. The lowest BCUT2D eigenvalue weighted by molar-refractivity contribution is 0.432. The Labute approximate surface area is 113 Å². The minimum absolute atomic E-state index is 0.316. The van der Waals surface area contributed by atoms with Crippen molar-refractivity contribution in [3.05, 3.63) is 22.4 Å². The maximum atomic E-state index is 11.4. The van der Waals surface area contributed by atoms with E-state index < -0.39 is 9.84 Å². The zero-order chi connectivity index (χ0) is 12.6. The molecule has 1 saturated heterocycles. The summed E-state index contributed by atoms with van der Waals surface area (Å²) in [6, 6.07) is 4.73. The summed E-state index contributed by atoms with van der Waals surface area (Å²) < 4.78 is 22.9. The van der Waals surface area contributed by atoms with Gasteiger partial charge in [0.15, 0.2) is 9.84 Å². The van der Waals surface area contributed by atoms with E-state index in [1.807, 2.05) is 0 Å². The van der Waals surface area contributed by atoms with Gasteiger partial charge in [-0.2, -0.15) is 0 Å². The van der Waals surface area contributed by atoms with Crippen LogP contribution in [0.2, 0.25) is 0 Å². The van der Waals surface area contributed by atoms with Crippen molar-refractivity contribution in [2.75, 3.05) is 18.1 Å². The SMILES string of the molecule is O=S1(=O)CCC(CNC(c2cccs2)C2CC2)C1. The first-order valence-electron chi connectivity index (χ1n) is 6.61. The maximum Gasteiger partial charge on any atom is 0.150 e. The lowest BCUT2D eigenvalue weighted by Gasteiger charge is -2.19. The first kappa shape index (κ1) is 12.6. The largest absolute Gasteiger partial charge is 0.309 e. The summed E-state index contributed by atoms with van der Waals surface area (Å²) in [5.74, 6) is 1.84. The van der Waals surface area contributed by atoms with Crippen LogP contribution >= 0.6 is 11.3 Å². The Kier molecular flexibility index (Phi) is 3.47. The molecule has 0 bridgehead atoms. The molecule has 0 spiro atoms. The molecule has 1 aromatic heterocycles. The first-order chi connectivity index (χ1) is 8.64. The molecule has 100 valence electrons. The fourth-order valence-electron chi connectivity index (χ4n) is 2.72. The van der Waals surface area contributed by atoms with E-state index in [1.54, 1.807) is 11.3 Å². The van der Waals surface area contributed by atoms with E-state index in [4.69, 9.17) is 0 Å². The molecule has 0 radical (unpaired) electrons. The van der Waals surface area contributed by atoms with Gasteiger partial charge in [-0.15, -0.1) is 11.3 Å². The van der Waals surface area contributed by atoms with Gasteiger partial charge in [0.2, 0.25) is 0 Å². The summed E-state index contributed by atoms with van der Waals surface area (Å²) in [6.07, 6.45) is 3.44. The Balaban J connectivity index is 1.58. The van der Waals surface area contributed by atoms with Crippen molar-refractivity contribution in [1.29, 1.82) is 0 Å². The molecule has 2 aliphatic rings. The number of hydrogen-bond acceptors (Lipinski definition) is 4. The summed E-state index contributed by atoms with van der Waals surface area (Å²) in [6.45, 7) is 0.846. The van der Waals surface area contributed by atoms with Crippen LogP contribution in [0.3, 0.4) is 0 Å². The highest BCUT2D eigenvalue weighted by atomic mass is 32.2. The molecule has 1 aliphatic carbocycles. The topological polar surface area (TPSA) is 46.2 Å². The normalized spacial score (nSPS) is 28.3. The second kappa shape index (κ2) is 4.94. The van der Waals surface area contributed by atoms with Crippen molar-refractivity contribution in [3.8, 4) is 0 Å². The second-order valence-corrected chi connectivity index (χ2v) is 8.72. The molecule has 5 heteroatoms. The van der Waals surface area contributed by atoms with Crippen LogP contribution in [0.25, 0.3) is 0 Å². The predicted octanol–water partition coefficient (Wildman–Crippen LogP) is 2.22. The molecule has 1 N–H and O–H groups in total. The first-order valence-corrected chi connectivity index (χ1v) is 9.31.